The van der Waals surface area contributed by atoms with Crippen molar-refractivity contribution in [2.45, 2.75) is 159 Å². The molecule has 1 aromatic rings. The number of hydroxylamine groups is 2. The minimum atomic E-state index is -1.26. The quantitative estimate of drug-likeness (QED) is 0.177. The second-order valence-electron chi connectivity index (χ2n) is 12.4. The van der Waals surface area contributed by atoms with Gasteiger partial charge in [-0.3, -0.25) is 4.68 Å². The van der Waals surface area contributed by atoms with Crippen molar-refractivity contribution in [2.24, 2.45) is 5.73 Å². The highest BCUT2D eigenvalue weighted by molar-refractivity contribution is 4.94. The zero-order valence-corrected chi connectivity index (χ0v) is 25.3. The number of aliphatic hydroxyl groups is 3. The number of nitrogens with zero attached hydrogens (tertiary/aromatic N) is 4. The van der Waals surface area contributed by atoms with Gasteiger partial charge in [-0.2, -0.15) is 0 Å². The van der Waals surface area contributed by atoms with Crippen molar-refractivity contribution >= 4 is 0 Å². The van der Waals surface area contributed by atoms with Gasteiger partial charge in [-0.05, 0) is 39.5 Å². The predicted molar refractivity (Wildman–Crippen MR) is 152 cm³/mol. The molecule has 1 radical (unpaired) electrons. The topological polar surface area (TPSA) is 168 Å². The number of hydrogen-bond acceptors (Lipinski definition) is 10. The van der Waals surface area contributed by atoms with Gasteiger partial charge in [0.05, 0.1) is 37.6 Å². The van der Waals surface area contributed by atoms with Crippen molar-refractivity contribution in [3.63, 3.8) is 0 Å². The highest BCUT2D eigenvalue weighted by Crippen LogP contribution is 2.40. The molecule has 0 amide bonds. The number of aliphatic hydroxyl groups excluding tert-OH is 3. The summed E-state index contributed by atoms with van der Waals surface area (Å²) in [6.07, 6.45) is 11.8. The SMILES string of the molecule is CCCC1(CCCCCCCCCCCCn2cc(CO[C@@H]3O[C@H](CO)[C@@H](O)[C@H](O)[C@H]3N)nn2)OCC(C)(C)N1[O]. The third-order valence-electron chi connectivity index (χ3n) is 8.37. The Kier molecular flexibility index (Phi) is 13.9. The lowest BCUT2D eigenvalue weighted by atomic mass is 9.96. The van der Waals surface area contributed by atoms with Crippen LogP contribution in [0, 0.1) is 0 Å². The van der Waals surface area contributed by atoms with Gasteiger partial charge in [-0.1, -0.05) is 69.9 Å². The molecule has 2 aliphatic heterocycles. The fraction of sp³-hybridized carbons (Fsp3) is 0.931. The molecule has 12 heteroatoms. The fourth-order valence-electron chi connectivity index (χ4n) is 5.87. The van der Waals surface area contributed by atoms with Gasteiger partial charge in [-0.15, -0.1) is 15.4 Å². The molecule has 0 bridgehead atoms. The number of aryl methyl sites for hydroxylation is 1. The zero-order chi connectivity index (χ0) is 29.9. The monoisotopic (exact) mass is 584 g/mol. The van der Waals surface area contributed by atoms with E-state index in [0.29, 0.717) is 12.3 Å². The molecule has 5 N–H and O–H groups in total. The highest BCUT2D eigenvalue weighted by atomic mass is 16.7. The summed E-state index contributed by atoms with van der Waals surface area (Å²) in [6.45, 7) is 7.02. The summed E-state index contributed by atoms with van der Waals surface area (Å²) in [5.41, 5.74) is 5.48. The van der Waals surface area contributed by atoms with Crippen LogP contribution in [0.15, 0.2) is 6.20 Å². The van der Waals surface area contributed by atoms with E-state index in [1.807, 2.05) is 20.0 Å². The van der Waals surface area contributed by atoms with Gasteiger partial charge < -0.3 is 35.3 Å². The molecule has 1 unspecified atom stereocenters. The van der Waals surface area contributed by atoms with E-state index in [1.165, 1.54) is 43.6 Å². The Morgan fingerprint density at radius 1 is 1.02 bits per heavy atom. The fourth-order valence-corrected chi connectivity index (χ4v) is 5.87. The van der Waals surface area contributed by atoms with E-state index < -0.39 is 48.5 Å². The van der Waals surface area contributed by atoms with Crippen LogP contribution < -0.4 is 5.73 Å². The van der Waals surface area contributed by atoms with Crippen molar-refractivity contribution in [1.29, 1.82) is 0 Å². The minimum absolute atomic E-state index is 0.0992. The van der Waals surface area contributed by atoms with Gasteiger partial charge in [0.25, 0.3) is 0 Å². The van der Waals surface area contributed by atoms with Crippen molar-refractivity contribution in [1.82, 2.24) is 20.1 Å². The van der Waals surface area contributed by atoms with Gasteiger partial charge >= 0.3 is 0 Å². The van der Waals surface area contributed by atoms with E-state index >= 15 is 0 Å². The number of unbranched alkanes of at least 4 members (excludes halogenated alkanes) is 9. The summed E-state index contributed by atoms with van der Waals surface area (Å²) in [7, 11) is 0. The third-order valence-corrected chi connectivity index (χ3v) is 8.37. The molecule has 2 aliphatic rings. The summed E-state index contributed by atoms with van der Waals surface area (Å²) in [6, 6.07) is -0.934. The molecule has 3 heterocycles. The number of ether oxygens (including phenoxy) is 3. The van der Waals surface area contributed by atoms with E-state index in [-0.39, 0.29) is 6.61 Å². The Balaban J connectivity index is 1.18. The van der Waals surface area contributed by atoms with Crippen molar-refractivity contribution < 1.29 is 34.7 Å². The lowest BCUT2D eigenvalue weighted by Crippen LogP contribution is -2.62. The van der Waals surface area contributed by atoms with Crippen molar-refractivity contribution in [3.8, 4) is 0 Å². The maximum Gasteiger partial charge on any atom is 0.176 e. The first-order valence-electron chi connectivity index (χ1n) is 15.6. The Labute approximate surface area is 245 Å². The van der Waals surface area contributed by atoms with Crippen LogP contribution in [-0.2, 0) is 32.6 Å². The first-order chi connectivity index (χ1) is 19.6. The molecule has 237 valence electrons. The van der Waals surface area contributed by atoms with E-state index in [1.54, 1.807) is 4.68 Å². The normalized spacial score (nSPS) is 30.3. The van der Waals surface area contributed by atoms with Crippen LogP contribution in [0.5, 0.6) is 0 Å². The Morgan fingerprint density at radius 3 is 2.24 bits per heavy atom. The minimum Gasteiger partial charge on any atom is -0.394 e. The van der Waals surface area contributed by atoms with Gasteiger partial charge in [0.15, 0.2) is 6.29 Å². The number of hydrogen-bond donors (Lipinski definition) is 4. The predicted octanol–water partition coefficient (Wildman–Crippen LogP) is 2.80. The molecule has 2 fully saturated rings. The maximum absolute atomic E-state index is 12.8. The molecule has 0 aromatic carbocycles. The number of nitrogens with two attached hydrogens (primary N) is 1. The summed E-state index contributed by atoms with van der Waals surface area (Å²) in [5, 5.41) is 51.5. The van der Waals surface area contributed by atoms with E-state index in [4.69, 9.17) is 19.9 Å². The Bertz CT molecular complexity index is 872. The summed E-state index contributed by atoms with van der Waals surface area (Å²) in [4.78, 5) is 0. The number of aromatic nitrogens is 3. The van der Waals surface area contributed by atoms with Gasteiger partial charge in [-0.25, -0.2) is 0 Å². The average molecular weight is 585 g/mol. The zero-order valence-electron chi connectivity index (χ0n) is 25.3. The molecule has 0 aliphatic carbocycles. The van der Waals surface area contributed by atoms with Crippen LogP contribution in [0.4, 0.5) is 0 Å². The first-order valence-corrected chi connectivity index (χ1v) is 15.6. The summed E-state index contributed by atoms with van der Waals surface area (Å²) < 4.78 is 18.9. The molecule has 12 nitrogen and oxygen atoms in total. The van der Waals surface area contributed by atoms with Crippen LogP contribution >= 0.6 is 0 Å². The molecule has 0 spiro atoms. The third kappa shape index (κ3) is 9.64. The highest BCUT2D eigenvalue weighted by Gasteiger charge is 2.51. The summed E-state index contributed by atoms with van der Waals surface area (Å²) >= 11 is 0. The number of rotatable bonds is 19. The van der Waals surface area contributed by atoms with Crippen LogP contribution in [0.1, 0.15) is 110 Å². The largest absolute Gasteiger partial charge is 0.394 e. The lowest BCUT2D eigenvalue weighted by Gasteiger charge is -2.40. The molecular weight excluding hydrogens is 530 g/mol. The van der Waals surface area contributed by atoms with E-state index in [0.717, 1.165) is 51.5 Å². The second kappa shape index (κ2) is 16.6. The van der Waals surface area contributed by atoms with Crippen LogP contribution in [-0.4, -0.2) is 90.5 Å². The molecule has 0 saturated carbocycles. The average Bonchev–Trinajstić information content (AvgIpc) is 3.50. The molecule has 41 heavy (non-hydrogen) atoms. The van der Waals surface area contributed by atoms with Gasteiger partial charge in [0.2, 0.25) is 0 Å². The van der Waals surface area contributed by atoms with Gasteiger partial charge in [0.1, 0.15) is 29.7 Å². The van der Waals surface area contributed by atoms with Gasteiger partial charge in [0, 0.05) is 6.54 Å². The van der Waals surface area contributed by atoms with Crippen LogP contribution in [0.3, 0.4) is 0 Å². The standard InChI is InChI=1S/C29H54N5O7/c1-4-15-29(34(38)28(2,3)21-40-29)16-13-11-9-7-5-6-8-10-12-14-17-33-18-22(31-32-33)20-39-27-24(30)26(37)25(36)23(19-35)41-27/h18,23-27,35-37H,4-17,19-21,30H2,1-3H3/t23-,24-,25-,26-,27-,29?/m1/s1. The first kappa shape index (κ1) is 34.3. The molecule has 2 saturated heterocycles. The van der Waals surface area contributed by atoms with Crippen molar-refractivity contribution in [3.05, 3.63) is 11.9 Å². The smallest absolute Gasteiger partial charge is 0.176 e. The molecular formula is C29H54N5O7. The molecule has 1 aromatic heterocycles. The lowest BCUT2D eigenvalue weighted by molar-refractivity contribution is -0.295. The van der Waals surface area contributed by atoms with Crippen LogP contribution in [0.25, 0.3) is 0 Å². The second-order valence-corrected chi connectivity index (χ2v) is 12.4. The molecule has 3 rings (SSSR count). The van der Waals surface area contributed by atoms with Crippen LogP contribution in [0.2, 0.25) is 0 Å². The van der Waals surface area contributed by atoms with Crippen molar-refractivity contribution in [2.75, 3.05) is 13.2 Å². The Hall–Kier alpha value is -1.22. The summed E-state index contributed by atoms with van der Waals surface area (Å²) in [5.74, 6) is 0. The van der Waals surface area contributed by atoms with E-state index in [2.05, 4.69) is 17.2 Å². The maximum atomic E-state index is 12.8. The van der Waals surface area contributed by atoms with E-state index in [9.17, 15) is 20.5 Å². The molecule has 6 atom stereocenters. The Morgan fingerprint density at radius 2 is 1.66 bits per heavy atom.